The summed E-state index contributed by atoms with van der Waals surface area (Å²) in [5, 5.41) is 3.22. The van der Waals surface area contributed by atoms with Crippen LogP contribution in [-0.2, 0) is 17.9 Å². The van der Waals surface area contributed by atoms with Gasteiger partial charge in [0.1, 0.15) is 12.4 Å². The van der Waals surface area contributed by atoms with E-state index in [9.17, 15) is 9.59 Å². The van der Waals surface area contributed by atoms with E-state index in [-0.39, 0.29) is 19.0 Å². The molecule has 2 N–H and O–H groups in total. The Morgan fingerprint density at radius 1 is 1.31 bits per heavy atom. The van der Waals surface area contributed by atoms with Gasteiger partial charge in [-0.05, 0) is 42.8 Å². The average Bonchev–Trinajstić information content (AvgIpc) is 3.14. The van der Waals surface area contributed by atoms with Gasteiger partial charge >= 0.3 is 5.76 Å². The van der Waals surface area contributed by atoms with Crippen molar-refractivity contribution in [3.63, 3.8) is 0 Å². The Labute approximate surface area is 152 Å². The van der Waals surface area contributed by atoms with Crippen LogP contribution in [0.1, 0.15) is 11.4 Å². The van der Waals surface area contributed by atoms with Crippen molar-refractivity contribution in [3.05, 3.63) is 63.4 Å². The van der Waals surface area contributed by atoms with Gasteiger partial charge in [-0.15, -0.1) is 0 Å². The highest BCUT2D eigenvalue weighted by Crippen LogP contribution is 2.18. The molecular weight excluding hydrogens is 356 g/mol. The van der Waals surface area contributed by atoms with Crippen molar-refractivity contribution in [3.8, 4) is 0 Å². The largest absolute Gasteiger partial charge is 0.420 e. The van der Waals surface area contributed by atoms with Crippen molar-refractivity contribution in [1.29, 1.82) is 0 Å². The lowest BCUT2D eigenvalue weighted by molar-refractivity contribution is -0.121. The number of aromatic nitrogens is 3. The molecule has 0 aliphatic rings. The summed E-state index contributed by atoms with van der Waals surface area (Å²) in [5.74, 6) is -0.283. The van der Waals surface area contributed by atoms with Crippen LogP contribution in [0, 0.1) is 6.92 Å². The Morgan fingerprint density at radius 3 is 3.00 bits per heavy atom. The van der Waals surface area contributed by atoms with Crippen LogP contribution in [0.4, 0.5) is 0 Å². The van der Waals surface area contributed by atoms with Crippen LogP contribution < -0.4 is 11.1 Å². The summed E-state index contributed by atoms with van der Waals surface area (Å²) in [6.07, 6.45) is 0. The number of aromatic amines is 1. The van der Waals surface area contributed by atoms with Crippen LogP contribution in [0.2, 0.25) is 5.02 Å². The normalized spacial score (nSPS) is 11.3. The molecule has 0 saturated carbocycles. The average molecular weight is 371 g/mol. The SMILES string of the molecule is Cc1ccc2nc(CNC(=O)Cn3c(=O)oc4ccc(Cl)cc43)[nH]c2c1. The molecule has 0 spiro atoms. The van der Waals surface area contributed by atoms with E-state index in [0.29, 0.717) is 21.9 Å². The first-order chi connectivity index (χ1) is 12.5. The lowest BCUT2D eigenvalue weighted by Gasteiger charge is -2.04. The van der Waals surface area contributed by atoms with E-state index in [4.69, 9.17) is 16.0 Å². The van der Waals surface area contributed by atoms with Gasteiger partial charge in [0, 0.05) is 5.02 Å². The van der Waals surface area contributed by atoms with E-state index in [1.165, 1.54) is 4.57 Å². The molecule has 8 heteroatoms. The number of imidazole rings is 1. The van der Waals surface area contributed by atoms with Crippen LogP contribution in [0.5, 0.6) is 0 Å². The fraction of sp³-hybridized carbons (Fsp3) is 0.167. The molecule has 1 amide bonds. The van der Waals surface area contributed by atoms with Gasteiger partial charge in [-0.3, -0.25) is 9.36 Å². The van der Waals surface area contributed by atoms with E-state index >= 15 is 0 Å². The van der Waals surface area contributed by atoms with Crippen LogP contribution in [0.25, 0.3) is 22.1 Å². The second-order valence-electron chi connectivity index (χ2n) is 6.05. The Kier molecular flexibility index (Phi) is 4.00. The molecule has 4 rings (SSSR count). The molecule has 2 heterocycles. The lowest BCUT2D eigenvalue weighted by atomic mass is 10.2. The Morgan fingerprint density at radius 2 is 2.15 bits per heavy atom. The highest BCUT2D eigenvalue weighted by atomic mass is 35.5. The number of carbonyl (C=O) groups is 1. The standard InChI is InChI=1S/C18H15ClN4O3/c1-10-2-4-12-13(6-10)22-16(21-12)8-20-17(24)9-23-14-7-11(19)3-5-15(14)26-18(23)25/h2-7H,8-9H2,1H3,(H,20,24)(H,21,22). The van der Waals surface area contributed by atoms with Gasteiger partial charge in [0.2, 0.25) is 5.91 Å². The number of oxazole rings is 1. The predicted molar refractivity (Wildman–Crippen MR) is 98.2 cm³/mol. The Balaban J connectivity index is 1.49. The first-order valence-corrected chi connectivity index (χ1v) is 8.38. The number of aryl methyl sites for hydroxylation is 1. The van der Waals surface area contributed by atoms with Gasteiger partial charge in [0.05, 0.1) is 23.1 Å². The molecule has 132 valence electrons. The zero-order chi connectivity index (χ0) is 18.3. The number of amides is 1. The van der Waals surface area contributed by atoms with Crippen molar-refractivity contribution in [2.24, 2.45) is 0 Å². The minimum atomic E-state index is -0.600. The van der Waals surface area contributed by atoms with Crippen molar-refractivity contribution < 1.29 is 9.21 Å². The number of rotatable bonds is 4. The van der Waals surface area contributed by atoms with Crippen molar-refractivity contribution in [2.45, 2.75) is 20.0 Å². The molecule has 2 aromatic heterocycles. The topological polar surface area (TPSA) is 92.9 Å². The lowest BCUT2D eigenvalue weighted by Crippen LogP contribution is -2.30. The minimum Gasteiger partial charge on any atom is -0.408 e. The van der Waals surface area contributed by atoms with Gasteiger partial charge < -0.3 is 14.7 Å². The number of hydrogen-bond donors (Lipinski definition) is 2. The summed E-state index contributed by atoms with van der Waals surface area (Å²) in [4.78, 5) is 31.8. The molecule has 0 bridgehead atoms. The third-order valence-corrected chi connectivity index (χ3v) is 4.31. The molecule has 0 aliphatic carbocycles. The van der Waals surface area contributed by atoms with E-state index in [1.807, 2.05) is 25.1 Å². The predicted octanol–water partition coefficient (Wildman–Crippen LogP) is 2.75. The molecule has 7 nitrogen and oxygen atoms in total. The summed E-state index contributed by atoms with van der Waals surface area (Å²) in [7, 11) is 0. The summed E-state index contributed by atoms with van der Waals surface area (Å²) >= 11 is 5.96. The Hall–Kier alpha value is -3.06. The first-order valence-electron chi connectivity index (χ1n) is 8.00. The fourth-order valence-electron chi connectivity index (χ4n) is 2.83. The van der Waals surface area contributed by atoms with Crippen molar-refractivity contribution in [2.75, 3.05) is 0 Å². The van der Waals surface area contributed by atoms with Crippen molar-refractivity contribution >= 4 is 39.6 Å². The van der Waals surface area contributed by atoms with Crippen LogP contribution in [0.15, 0.2) is 45.6 Å². The molecule has 0 aliphatic heterocycles. The summed E-state index contributed by atoms with van der Waals surface area (Å²) < 4.78 is 6.37. The molecule has 0 radical (unpaired) electrons. The Bertz CT molecular complexity index is 1190. The van der Waals surface area contributed by atoms with Crippen LogP contribution in [0.3, 0.4) is 0 Å². The summed E-state index contributed by atoms with van der Waals surface area (Å²) in [5.41, 5.74) is 3.76. The molecule has 0 atom stereocenters. The zero-order valence-corrected chi connectivity index (χ0v) is 14.6. The van der Waals surface area contributed by atoms with E-state index in [1.54, 1.807) is 18.2 Å². The second kappa shape index (κ2) is 6.34. The number of carbonyl (C=O) groups excluding carboxylic acids is 1. The number of hydrogen-bond acceptors (Lipinski definition) is 4. The molecule has 26 heavy (non-hydrogen) atoms. The second-order valence-corrected chi connectivity index (χ2v) is 6.48. The van der Waals surface area contributed by atoms with Gasteiger partial charge in [0.25, 0.3) is 0 Å². The molecule has 0 fully saturated rings. The maximum Gasteiger partial charge on any atom is 0.420 e. The number of H-pyrrole nitrogens is 1. The van der Waals surface area contributed by atoms with E-state index in [2.05, 4.69) is 15.3 Å². The molecule has 0 saturated heterocycles. The van der Waals surface area contributed by atoms with Gasteiger partial charge in [-0.25, -0.2) is 9.78 Å². The van der Waals surface area contributed by atoms with Crippen LogP contribution in [-0.4, -0.2) is 20.4 Å². The highest BCUT2D eigenvalue weighted by molar-refractivity contribution is 6.31. The number of halogens is 1. The minimum absolute atomic E-state index is 0.161. The molecule has 4 aromatic rings. The van der Waals surface area contributed by atoms with E-state index < -0.39 is 5.76 Å². The maximum absolute atomic E-state index is 12.2. The summed E-state index contributed by atoms with van der Waals surface area (Å²) in [6.45, 7) is 2.07. The van der Waals surface area contributed by atoms with Gasteiger partial charge in [-0.2, -0.15) is 0 Å². The molecule has 0 unspecified atom stereocenters. The van der Waals surface area contributed by atoms with Gasteiger partial charge in [-0.1, -0.05) is 17.7 Å². The third kappa shape index (κ3) is 3.09. The third-order valence-electron chi connectivity index (χ3n) is 4.07. The first kappa shape index (κ1) is 16.4. The number of nitrogens with one attached hydrogen (secondary N) is 2. The quantitative estimate of drug-likeness (QED) is 0.577. The van der Waals surface area contributed by atoms with Crippen LogP contribution >= 0.6 is 11.6 Å². The number of fused-ring (bicyclic) bond motifs is 2. The molecule has 2 aromatic carbocycles. The maximum atomic E-state index is 12.2. The number of nitrogens with zero attached hydrogens (tertiary/aromatic N) is 2. The smallest absolute Gasteiger partial charge is 0.408 e. The fourth-order valence-corrected chi connectivity index (χ4v) is 2.99. The zero-order valence-electron chi connectivity index (χ0n) is 13.9. The van der Waals surface area contributed by atoms with E-state index in [0.717, 1.165) is 16.6 Å². The molecular formula is C18H15ClN4O3. The van der Waals surface area contributed by atoms with Gasteiger partial charge in [0.15, 0.2) is 5.58 Å². The summed E-state index contributed by atoms with van der Waals surface area (Å²) in [6, 6.07) is 10.7. The number of benzene rings is 2. The monoisotopic (exact) mass is 370 g/mol. The van der Waals surface area contributed by atoms with Crippen molar-refractivity contribution in [1.82, 2.24) is 19.9 Å². The highest BCUT2D eigenvalue weighted by Gasteiger charge is 2.13.